The minimum atomic E-state index is -0.274. The monoisotopic (exact) mass is 2240 g/mol. The van der Waals surface area contributed by atoms with E-state index in [1.165, 1.54) is 99.0 Å². The molecule has 0 amide bonds. The van der Waals surface area contributed by atoms with Gasteiger partial charge in [0.15, 0.2) is 0 Å². The first kappa shape index (κ1) is 74.4. The van der Waals surface area contributed by atoms with Gasteiger partial charge in [0.05, 0.1) is 28.2 Å². The van der Waals surface area contributed by atoms with E-state index in [4.69, 9.17) is 0 Å². The van der Waals surface area contributed by atoms with Crippen LogP contribution in [0.25, 0.3) is 148 Å². The van der Waals surface area contributed by atoms with Gasteiger partial charge < -0.3 is 22.0 Å². The molecule has 0 spiro atoms. The van der Waals surface area contributed by atoms with E-state index in [-0.39, 0.29) is 106 Å². The molecule has 521 valence electrons. The summed E-state index contributed by atoms with van der Waals surface area (Å²) in [6.07, 6.45) is 19.1. The van der Waals surface area contributed by atoms with Crippen LogP contribution in [0.3, 0.4) is 0 Å². The summed E-state index contributed by atoms with van der Waals surface area (Å²) in [4.78, 5) is 22.3. The number of pyridine rings is 5. The fraction of sp³-hybridized carbons (Fsp3) is 0.0795. The molecule has 21 aromatic rings. The average Bonchev–Trinajstić information content (AvgIpc) is 1.38. The first-order valence-corrected chi connectivity index (χ1v) is 33.3. The minimum Gasteiger partial charge on any atom is -0.340 e. The van der Waals surface area contributed by atoms with Crippen molar-refractivity contribution in [3.05, 3.63) is 327 Å². The fourth-order valence-electron chi connectivity index (χ4n) is 14.2. The summed E-state index contributed by atoms with van der Waals surface area (Å²) in [5.41, 5.74) is 17.0. The standard InChI is InChI=1S/C24H19N2.C18H15N2.C16H11N2.C15H8FN2.C15H9N2.5Ir/c1-16(2)17-10-12-18(13-11-17)19-8-5-9-21-20-6-3-4-7-22(20)24-25-14-15-26(24)23(19)21;1-12(2)13-7-8-17-16(11-13)14-5-3-4-6-15(14)18-19-9-10-20(17)18;1-11-6-7-15-14(10-11)12-4-2-3-5-13(12)16-17-8-9-18(15)16;16-10-5-6-12-13(9-10)11-3-1-2-4-14(11)18-8-7-17-15(12)18;1-2-7-13-11(5-1)12-6-3-4-8-14(12)17-10-9-16-15(13)17;;;;;/h3-6,8-16H,1-2H3;3-5,7-12H,1-2H3;2-4,6-10H,1H3;1-5,7-9H;1-6,8-10H;;;;;/q5*-1;;;;;. The zero-order valence-corrected chi connectivity index (χ0v) is 68.6. The van der Waals surface area contributed by atoms with Crippen LogP contribution in [0.5, 0.6) is 0 Å². The smallest absolute Gasteiger partial charge is 0.0608 e. The molecule has 16 heteroatoms. The Balaban J connectivity index is 0.000000122. The van der Waals surface area contributed by atoms with Crippen molar-refractivity contribution in [3.63, 3.8) is 0 Å². The van der Waals surface area contributed by atoms with Crippen LogP contribution in [0.2, 0.25) is 0 Å². The number of nitrogens with zero attached hydrogens (tertiary/aromatic N) is 10. The predicted octanol–water partition coefficient (Wildman–Crippen LogP) is 21.6. The molecule has 10 nitrogen and oxygen atoms in total. The van der Waals surface area contributed by atoms with Crippen LogP contribution in [0.4, 0.5) is 4.39 Å². The van der Waals surface area contributed by atoms with E-state index in [2.05, 4.69) is 235 Å². The van der Waals surface area contributed by atoms with Crippen LogP contribution < -0.4 is 0 Å². The molecular formula is C88H62FIr5N10-5. The molecule has 0 unspecified atom stereocenters. The maximum atomic E-state index is 13.4. The Morgan fingerprint density at radius 3 is 1.16 bits per heavy atom. The van der Waals surface area contributed by atoms with Gasteiger partial charge in [0.2, 0.25) is 0 Å². The van der Waals surface area contributed by atoms with E-state index in [9.17, 15) is 4.39 Å². The van der Waals surface area contributed by atoms with Gasteiger partial charge in [-0.25, -0.2) is 0 Å². The summed E-state index contributed by atoms with van der Waals surface area (Å²) in [6.45, 7) is 11.0. The third-order valence-electron chi connectivity index (χ3n) is 19.0. The summed E-state index contributed by atoms with van der Waals surface area (Å²) >= 11 is 0. The molecule has 21 rings (SSSR count). The molecule has 11 aromatic carbocycles. The van der Waals surface area contributed by atoms with E-state index in [1.807, 2.05) is 133 Å². The Morgan fingerprint density at radius 2 is 0.683 bits per heavy atom. The van der Waals surface area contributed by atoms with Crippen LogP contribution in [-0.2, 0) is 101 Å². The van der Waals surface area contributed by atoms with Gasteiger partial charge in [-0.15, -0.1) is 137 Å². The summed E-state index contributed by atoms with van der Waals surface area (Å²) in [5.74, 6) is 0.792. The van der Waals surface area contributed by atoms with Crippen molar-refractivity contribution < 1.29 is 105 Å². The number of aryl methyl sites for hydroxylation is 1. The average molecular weight is 2240 g/mol. The van der Waals surface area contributed by atoms with Crippen molar-refractivity contribution >= 4 is 137 Å². The van der Waals surface area contributed by atoms with Gasteiger partial charge in [-0.1, -0.05) is 169 Å². The Labute approximate surface area is 666 Å². The molecule has 0 aliphatic heterocycles. The SMILES string of the molecule is CC(C)c1ccc(-c2cccc3c4ccc[c-]c4c4nccn4c23)cc1.CC(C)c1ccc2c(c1)c1ccc[c-]c1c1nccn21.Cc1ccc2c(c1)c1ccc[c-]c1c1nccn21.Fc1c[c-]c2c(c1)c1ccccc1n1ccnc21.[Ir].[Ir].[Ir].[Ir].[Ir].[c-]1cccc2c1c1nccn1c1ccccc21. The van der Waals surface area contributed by atoms with Crippen molar-refractivity contribution in [2.45, 2.75) is 46.5 Å². The van der Waals surface area contributed by atoms with Crippen LogP contribution in [0.15, 0.2) is 274 Å². The van der Waals surface area contributed by atoms with Crippen LogP contribution >= 0.6 is 0 Å². The minimum absolute atomic E-state index is 0. The summed E-state index contributed by atoms with van der Waals surface area (Å²) in [5, 5.41) is 16.9. The zero-order valence-electron chi connectivity index (χ0n) is 56.7. The number of imidazole rings is 5. The molecule has 0 N–H and O–H groups in total. The van der Waals surface area contributed by atoms with E-state index >= 15 is 0 Å². The molecule has 0 fully saturated rings. The van der Waals surface area contributed by atoms with E-state index < -0.39 is 0 Å². The summed E-state index contributed by atoms with van der Waals surface area (Å²) in [7, 11) is 0. The number of fused-ring (bicyclic) bond motifs is 30. The third kappa shape index (κ3) is 13.3. The zero-order chi connectivity index (χ0) is 66.8. The second-order valence-corrected chi connectivity index (χ2v) is 25.5. The molecule has 0 saturated carbocycles. The number of aromatic nitrogens is 10. The van der Waals surface area contributed by atoms with Gasteiger partial charge in [0, 0.05) is 201 Å². The fourth-order valence-corrected chi connectivity index (χ4v) is 14.2. The van der Waals surface area contributed by atoms with Gasteiger partial charge >= 0.3 is 0 Å². The number of rotatable bonds is 3. The van der Waals surface area contributed by atoms with E-state index in [0.29, 0.717) is 11.8 Å². The van der Waals surface area contributed by atoms with Gasteiger partial charge in [-0.05, 0) is 86.6 Å². The third-order valence-corrected chi connectivity index (χ3v) is 19.0. The maximum Gasteiger partial charge on any atom is 0.0608 e. The van der Waals surface area contributed by atoms with Crippen molar-refractivity contribution in [1.82, 2.24) is 46.9 Å². The molecule has 10 aromatic heterocycles. The van der Waals surface area contributed by atoms with Crippen LogP contribution in [0.1, 0.15) is 56.2 Å². The van der Waals surface area contributed by atoms with Gasteiger partial charge in [-0.2, -0.15) is 0 Å². The van der Waals surface area contributed by atoms with Crippen molar-refractivity contribution in [1.29, 1.82) is 0 Å². The maximum absolute atomic E-state index is 13.4. The van der Waals surface area contributed by atoms with E-state index in [1.54, 1.807) is 12.3 Å². The second kappa shape index (κ2) is 31.5. The Bertz CT molecular complexity index is 6480. The molecule has 0 saturated heterocycles. The van der Waals surface area contributed by atoms with Crippen LogP contribution in [-0.4, -0.2) is 46.9 Å². The molecule has 104 heavy (non-hydrogen) atoms. The van der Waals surface area contributed by atoms with Gasteiger partial charge in [-0.3, -0.25) is 29.3 Å². The van der Waals surface area contributed by atoms with Gasteiger partial charge in [0.1, 0.15) is 0 Å². The number of para-hydroxylation sites is 3. The predicted molar refractivity (Wildman–Crippen MR) is 404 cm³/mol. The number of benzene rings is 11. The van der Waals surface area contributed by atoms with Crippen molar-refractivity contribution in [3.8, 4) is 11.1 Å². The largest absolute Gasteiger partial charge is 0.340 e. The van der Waals surface area contributed by atoms with Gasteiger partial charge in [0.25, 0.3) is 0 Å². The summed E-state index contributed by atoms with van der Waals surface area (Å²) < 4.78 is 24.0. The number of hydrogen-bond acceptors (Lipinski definition) is 5. The molecule has 10 heterocycles. The van der Waals surface area contributed by atoms with Crippen molar-refractivity contribution in [2.75, 3.05) is 0 Å². The molecule has 0 aliphatic rings. The Hall–Kier alpha value is -9.35. The number of hydrogen-bond donors (Lipinski definition) is 0. The second-order valence-electron chi connectivity index (χ2n) is 25.5. The number of halogens is 1. The Morgan fingerprint density at radius 1 is 0.317 bits per heavy atom. The first-order valence-electron chi connectivity index (χ1n) is 33.3. The van der Waals surface area contributed by atoms with E-state index in [0.717, 1.165) is 71.5 Å². The molecule has 0 atom stereocenters. The topological polar surface area (TPSA) is 86.5 Å². The van der Waals surface area contributed by atoms with Crippen molar-refractivity contribution in [2.24, 2.45) is 0 Å². The molecule has 5 radical (unpaired) electrons. The molecular weight excluding hydrogens is 2180 g/mol. The molecule has 0 aliphatic carbocycles. The summed E-state index contributed by atoms with van der Waals surface area (Å²) in [6, 6.07) is 88.7. The quantitative estimate of drug-likeness (QED) is 0.130. The van der Waals surface area contributed by atoms with Crippen LogP contribution in [0, 0.1) is 43.1 Å². The molecule has 0 bridgehead atoms. The first-order chi connectivity index (χ1) is 48.6. The normalized spacial score (nSPS) is 11.2. The Kier molecular flexibility index (Phi) is 22.6.